The Hall–Kier alpha value is -11.0. The number of aromatic nitrogens is 9. The molecular weight excluding hydrogens is 2040 g/mol. The summed E-state index contributed by atoms with van der Waals surface area (Å²) >= 11 is 0. The van der Waals surface area contributed by atoms with Crippen molar-refractivity contribution in [2.45, 2.75) is 173 Å². The van der Waals surface area contributed by atoms with Gasteiger partial charge in [0, 0.05) is 172 Å². The van der Waals surface area contributed by atoms with Crippen LogP contribution in [0.3, 0.4) is 0 Å². The van der Waals surface area contributed by atoms with E-state index >= 15 is 0 Å². The van der Waals surface area contributed by atoms with E-state index in [4.69, 9.17) is 54.4 Å². The molecule has 0 aliphatic carbocycles. The molecule has 122 heavy (non-hydrogen) atoms. The zero-order valence-electron chi connectivity index (χ0n) is 98.6. The maximum atomic E-state index is 8.49. The van der Waals surface area contributed by atoms with Crippen molar-refractivity contribution in [3.8, 4) is 67.5 Å². The fourth-order valence-corrected chi connectivity index (χ4v) is 13.0. The van der Waals surface area contributed by atoms with Crippen LogP contribution in [0.15, 0.2) is 238 Å². The maximum Gasteiger partial charge on any atom is 0.216 e. The Morgan fingerprint density at radius 2 is 0.615 bits per heavy atom. The Kier molecular flexibility index (Phi) is 20.7. The number of hydrogen-bond donors (Lipinski definition) is 0. The molecule has 3 radical (unpaired) electrons. The van der Waals surface area contributed by atoms with E-state index in [-0.39, 0.29) is 111 Å². The van der Waals surface area contributed by atoms with Crippen LogP contribution in [0.25, 0.3) is 134 Å². The van der Waals surface area contributed by atoms with E-state index in [1.54, 1.807) is 108 Å². The summed E-state index contributed by atoms with van der Waals surface area (Å²) in [4.78, 5) is 38.8. The Morgan fingerprint density at radius 3 is 0.951 bits per heavy atom. The van der Waals surface area contributed by atoms with Gasteiger partial charge >= 0.3 is 0 Å². The van der Waals surface area contributed by atoms with Gasteiger partial charge in [0.05, 0.1) is 16.7 Å². The monoisotopic (exact) mass is 2170 g/mol. The number of aryl methyl sites for hydroxylation is 8. The molecule has 0 amide bonds. The van der Waals surface area contributed by atoms with Crippen LogP contribution >= 0.6 is 0 Å². The topological polar surface area (TPSA) is 155 Å². The molecule has 12 heterocycles. The van der Waals surface area contributed by atoms with Crippen LogP contribution in [0.5, 0.6) is 0 Å². The van der Waals surface area contributed by atoms with Crippen molar-refractivity contribution in [3.05, 3.63) is 340 Å². The number of nitrogens with zero attached hydrogens (tertiary/aromatic N) is 9. The average Bonchev–Trinajstić information content (AvgIpc) is 1.27. The fourth-order valence-electron chi connectivity index (χ4n) is 13.0. The first-order valence-corrected chi connectivity index (χ1v) is 37.9. The summed E-state index contributed by atoms with van der Waals surface area (Å²) < 4.78 is 252. The van der Waals surface area contributed by atoms with Crippen molar-refractivity contribution in [2.75, 3.05) is 0 Å². The summed E-state index contributed by atoms with van der Waals surface area (Å²) in [5.41, 5.74) is 13.8. The molecule has 627 valence electrons. The van der Waals surface area contributed by atoms with Gasteiger partial charge in [-0.3, -0.25) is 0 Å². The molecule has 0 aliphatic heterocycles. The Balaban J connectivity index is 0.000000187. The molecule has 15 heteroatoms. The van der Waals surface area contributed by atoms with Crippen LogP contribution < -0.4 is 0 Å². The van der Waals surface area contributed by atoms with Crippen molar-refractivity contribution >= 4 is 66.2 Å². The fraction of sp³-hybridized carbons (Fsp3) is 0.243. The summed E-state index contributed by atoms with van der Waals surface area (Å²) in [7, 11) is 0. The van der Waals surface area contributed by atoms with Crippen LogP contribution in [-0.4, -0.2) is 44.9 Å². The van der Waals surface area contributed by atoms with Crippen LogP contribution in [0.2, 0.25) is 0 Å². The first-order chi connectivity index (χ1) is 68.9. The minimum atomic E-state index is -2.75. The molecule has 0 spiro atoms. The number of furan rings is 3. The van der Waals surface area contributed by atoms with Gasteiger partial charge < -0.3 is 43.2 Å². The molecule has 3 unspecified atom stereocenters. The second kappa shape index (κ2) is 42.2. The van der Waals surface area contributed by atoms with Gasteiger partial charge in [-0.2, -0.15) is 0 Å². The van der Waals surface area contributed by atoms with Crippen molar-refractivity contribution in [3.63, 3.8) is 0 Å². The van der Waals surface area contributed by atoms with Gasteiger partial charge in [0.1, 0.15) is 0 Å². The molecule has 0 fully saturated rings. The van der Waals surface area contributed by atoms with E-state index < -0.39 is 90.2 Å². The zero-order chi connectivity index (χ0) is 110. The molecule has 0 N–H and O–H groups in total. The molecule has 18 rings (SSSR count). The first kappa shape index (κ1) is 59.7. The van der Waals surface area contributed by atoms with E-state index in [1.165, 1.54) is 57.7 Å². The molecule has 0 bridgehead atoms. The first-order valence-electron chi connectivity index (χ1n) is 52.9. The van der Waals surface area contributed by atoms with Gasteiger partial charge in [-0.15, -0.1) is 162 Å². The standard InChI is InChI=1S/2C21H19N2O.C20H17N2O.3C15H16N.3Ir/c1-12(2)18-10-19(22-11-13(18)3)17-7-5-6-15-16-9-8-14(4)23-21(16)24-20(15)17;1-12(2)18-11-22-19(10-13(18)3)17-7-5-6-15-16-9-8-14(4)23-21(16)24-20(15)17;1-12(2)14-8-10-18(21-11-14)17-6-4-5-15-16-9-7-13(3)22-20(16)23-19(15)17;3*1-11(2)14-9-15(16-10-12(14)3)13-7-5-4-6-8-13;;;/h2*5-6,8-12H,1-4H3;4-5,7-12H,1-3H3;3*4-7,9-11H,1-3H3;;;/q6*-1;;;/i2*1D3,3D3,12D;1D3,12D;3*3D3,11D;;;. The molecule has 12 nitrogen and oxygen atoms in total. The number of pyridine rings is 9. The molecule has 6 aromatic carbocycles. The van der Waals surface area contributed by atoms with Gasteiger partial charge in [-0.1, -0.05) is 164 Å². The van der Waals surface area contributed by atoms with Crippen LogP contribution in [0.4, 0.5) is 0 Å². The summed E-state index contributed by atoms with van der Waals surface area (Å²) in [6, 6.07) is 73.8. The third-order valence-electron chi connectivity index (χ3n) is 19.2. The summed E-state index contributed by atoms with van der Waals surface area (Å²) in [5.74, 6) is -9.04. The third-order valence-corrected chi connectivity index (χ3v) is 19.2. The van der Waals surface area contributed by atoms with Crippen LogP contribution in [0, 0.1) is 91.4 Å². The average molecular weight is 2170 g/mol. The van der Waals surface area contributed by atoms with Crippen molar-refractivity contribution in [1.82, 2.24) is 44.9 Å². The number of benzene rings is 6. The number of fused-ring (bicyclic) bond motifs is 9. The van der Waals surface area contributed by atoms with Gasteiger partial charge in [0.2, 0.25) is 17.1 Å². The number of hydrogen-bond acceptors (Lipinski definition) is 12. The normalized spacial score (nSPS) is 17.2. The third kappa shape index (κ3) is 21.9. The van der Waals surface area contributed by atoms with Crippen molar-refractivity contribution < 1.29 is 115 Å². The predicted octanol–water partition coefficient (Wildman–Crippen LogP) is 28.4. The minimum Gasteiger partial charge on any atom is -0.486 e. The van der Waals surface area contributed by atoms with Gasteiger partial charge in [0.15, 0.2) is 0 Å². The molecule has 3 atom stereocenters. The second-order valence-corrected chi connectivity index (χ2v) is 28.7. The van der Waals surface area contributed by atoms with Gasteiger partial charge in [-0.25, -0.2) is 15.0 Å². The van der Waals surface area contributed by atoms with E-state index in [0.717, 1.165) is 78.5 Å². The molecule has 18 aromatic rings. The van der Waals surface area contributed by atoms with Crippen molar-refractivity contribution in [2.24, 2.45) is 0 Å². The minimum absolute atomic E-state index is 0. The van der Waals surface area contributed by atoms with Gasteiger partial charge in [-0.05, 0) is 217 Å². The molecule has 0 saturated carbocycles. The Morgan fingerprint density at radius 1 is 0.287 bits per heavy atom. The van der Waals surface area contributed by atoms with Crippen molar-refractivity contribution in [1.29, 1.82) is 0 Å². The smallest absolute Gasteiger partial charge is 0.216 e. The summed E-state index contributed by atoms with van der Waals surface area (Å²) in [6.07, 6.45) is 7.78. The van der Waals surface area contributed by atoms with Gasteiger partial charge in [0.25, 0.3) is 0 Å². The second-order valence-electron chi connectivity index (χ2n) is 28.7. The summed E-state index contributed by atoms with van der Waals surface area (Å²) in [6.45, 7) is -0.569. The molecular formula is C107H103Ir3N9O3-6. The van der Waals surface area contributed by atoms with Crippen LogP contribution in [0.1, 0.15) is 238 Å². The Bertz CT molecular complexity index is 7640. The molecule has 0 saturated heterocycles. The molecule has 0 aliphatic rings. The Labute approximate surface area is 802 Å². The van der Waals surface area contributed by atoms with E-state index in [0.29, 0.717) is 95.6 Å². The predicted molar refractivity (Wildman–Crippen MR) is 489 cm³/mol. The van der Waals surface area contributed by atoms with Crippen LogP contribution in [-0.2, 0) is 60.3 Å². The largest absolute Gasteiger partial charge is 0.486 e. The molecule has 12 aromatic heterocycles. The zero-order valence-corrected chi connectivity index (χ0v) is 75.8. The van der Waals surface area contributed by atoms with E-state index in [2.05, 4.69) is 81.3 Å². The maximum absolute atomic E-state index is 8.49. The quantitative estimate of drug-likeness (QED) is 0.107. The van der Waals surface area contributed by atoms with E-state index in [9.17, 15) is 0 Å². The van der Waals surface area contributed by atoms with E-state index in [1.807, 2.05) is 130 Å². The number of rotatable bonds is 12. The summed E-state index contributed by atoms with van der Waals surface area (Å²) in [5, 5.41) is 5.02. The SMILES string of the molecule is [2H]C([2H])([2H])C([2H])(C)c1ccc(-c2[c-]ccc3c2oc2nc(C)ccc23)nc1.[2H]C([2H])([2H])c1cc(-c2[c-]ccc3c2oc2nc(C)ccc23)ncc1C([2H])(C)C([2H])([2H])[2H].[2H]C([2H])([2H])c1cnc(-c2[c-]ccc3c2oc2nc(C)ccc23)cc1C([2H])(C)C([2H])([2H])[2H].[2H]C([2H])([2H])c1cnc(-c2[c-]cccc2)cc1C([2H])(C)C.[2H]C([2H])([2H])c1cnc(-c2[c-]cccc2)cc1C([2H])(C)C.[2H]C([2H])([2H])c1cnc(-c2[c-]cccc2)cc1C([2H])(C)C.[Ir].[Ir].[Ir].